The fourth-order valence-electron chi connectivity index (χ4n) is 2.33. The largest absolute Gasteiger partial charge is 0.444 e. The minimum atomic E-state index is -0.584. The minimum absolute atomic E-state index is 0.109. The van der Waals surface area contributed by atoms with Crippen LogP contribution in [0.1, 0.15) is 32.8 Å². The predicted octanol–water partition coefficient (Wildman–Crippen LogP) is 4.16. The van der Waals surface area contributed by atoms with Gasteiger partial charge in [-0.2, -0.15) is 5.26 Å². The standard InChI is InChI=1S/C21H24N4O3/c1-21(2,3)28-20(27)23-12-11-19(26)25-18-10-5-4-9-17(18)24-16-8-6-7-15(13-16)14-22/h4-10,13,24H,11-12H2,1-3H3,(H,23,27)(H,25,26). The van der Waals surface area contributed by atoms with Crippen molar-refractivity contribution >= 4 is 29.1 Å². The Labute approximate surface area is 164 Å². The molecule has 0 aliphatic carbocycles. The lowest BCUT2D eigenvalue weighted by molar-refractivity contribution is -0.116. The van der Waals surface area contributed by atoms with Crippen molar-refractivity contribution < 1.29 is 14.3 Å². The van der Waals surface area contributed by atoms with Crippen LogP contribution >= 0.6 is 0 Å². The van der Waals surface area contributed by atoms with Crippen molar-refractivity contribution in [3.8, 4) is 6.07 Å². The van der Waals surface area contributed by atoms with Gasteiger partial charge in [-0.05, 0) is 51.1 Å². The van der Waals surface area contributed by atoms with Crippen LogP contribution in [0.25, 0.3) is 0 Å². The highest BCUT2D eigenvalue weighted by Gasteiger charge is 2.16. The Bertz CT molecular complexity index is 882. The normalized spacial score (nSPS) is 10.5. The van der Waals surface area contributed by atoms with Gasteiger partial charge in [-0.15, -0.1) is 0 Å². The monoisotopic (exact) mass is 380 g/mol. The first-order chi connectivity index (χ1) is 13.3. The first kappa shape index (κ1) is 20.8. The summed E-state index contributed by atoms with van der Waals surface area (Å²) in [7, 11) is 0. The highest BCUT2D eigenvalue weighted by molar-refractivity contribution is 5.95. The van der Waals surface area contributed by atoms with E-state index in [1.807, 2.05) is 24.3 Å². The van der Waals surface area contributed by atoms with Gasteiger partial charge < -0.3 is 20.7 Å². The molecule has 0 aromatic heterocycles. The second kappa shape index (κ2) is 9.42. The van der Waals surface area contributed by atoms with Gasteiger partial charge in [0.25, 0.3) is 0 Å². The average Bonchev–Trinajstić information content (AvgIpc) is 2.62. The van der Waals surface area contributed by atoms with E-state index in [-0.39, 0.29) is 18.9 Å². The van der Waals surface area contributed by atoms with Crippen molar-refractivity contribution in [2.75, 3.05) is 17.2 Å². The van der Waals surface area contributed by atoms with Crippen LogP contribution in [-0.2, 0) is 9.53 Å². The van der Waals surface area contributed by atoms with Crippen LogP contribution < -0.4 is 16.0 Å². The smallest absolute Gasteiger partial charge is 0.407 e. The molecule has 0 spiro atoms. The minimum Gasteiger partial charge on any atom is -0.444 e. The highest BCUT2D eigenvalue weighted by atomic mass is 16.6. The number of anilines is 3. The van der Waals surface area contributed by atoms with Crippen molar-refractivity contribution in [1.82, 2.24) is 5.32 Å². The van der Waals surface area contributed by atoms with Gasteiger partial charge in [0.1, 0.15) is 5.60 Å². The van der Waals surface area contributed by atoms with Gasteiger partial charge in [-0.3, -0.25) is 4.79 Å². The molecule has 7 nitrogen and oxygen atoms in total. The number of para-hydroxylation sites is 2. The molecule has 2 aromatic rings. The van der Waals surface area contributed by atoms with Crippen LogP contribution in [0.2, 0.25) is 0 Å². The van der Waals surface area contributed by atoms with Crippen molar-refractivity contribution in [3.63, 3.8) is 0 Å². The SMILES string of the molecule is CC(C)(C)OC(=O)NCCC(=O)Nc1ccccc1Nc1cccc(C#N)c1. The maximum Gasteiger partial charge on any atom is 0.407 e. The molecule has 0 atom stereocenters. The third kappa shape index (κ3) is 7.00. The molecule has 0 unspecified atom stereocenters. The second-order valence-electron chi connectivity index (χ2n) is 7.09. The van der Waals surface area contributed by atoms with Gasteiger partial charge in [-0.1, -0.05) is 18.2 Å². The maximum absolute atomic E-state index is 12.2. The molecule has 2 rings (SSSR count). The van der Waals surface area contributed by atoms with E-state index in [0.29, 0.717) is 16.9 Å². The summed E-state index contributed by atoms with van der Waals surface area (Å²) in [5.41, 5.74) is 2.00. The summed E-state index contributed by atoms with van der Waals surface area (Å²) in [5.74, 6) is -0.240. The van der Waals surface area contributed by atoms with Crippen LogP contribution in [-0.4, -0.2) is 24.1 Å². The number of rotatable bonds is 6. The number of carbonyl (C=O) groups is 2. The van der Waals surface area contributed by atoms with Crippen LogP contribution in [0, 0.1) is 11.3 Å². The number of hydrogen-bond acceptors (Lipinski definition) is 5. The molecule has 0 saturated heterocycles. The Morgan fingerprint density at radius 3 is 2.46 bits per heavy atom. The molecule has 146 valence electrons. The number of amides is 2. The molecular formula is C21H24N4O3. The van der Waals surface area contributed by atoms with Crippen molar-refractivity contribution in [3.05, 3.63) is 54.1 Å². The summed E-state index contributed by atoms with van der Waals surface area (Å²) in [5, 5.41) is 17.6. The molecule has 0 aliphatic rings. The van der Waals surface area contributed by atoms with E-state index >= 15 is 0 Å². The summed E-state index contributed by atoms with van der Waals surface area (Å²) < 4.78 is 5.13. The Morgan fingerprint density at radius 1 is 1.07 bits per heavy atom. The van der Waals surface area contributed by atoms with E-state index in [1.165, 1.54) is 0 Å². The molecule has 0 heterocycles. The van der Waals surface area contributed by atoms with Crippen LogP contribution in [0.15, 0.2) is 48.5 Å². The van der Waals surface area contributed by atoms with Gasteiger partial charge >= 0.3 is 6.09 Å². The fraction of sp³-hybridized carbons (Fsp3) is 0.286. The molecule has 0 radical (unpaired) electrons. The average molecular weight is 380 g/mol. The van der Waals surface area contributed by atoms with Crippen molar-refractivity contribution in [2.24, 2.45) is 0 Å². The van der Waals surface area contributed by atoms with E-state index in [0.717, 1.165) is 5.69 Å². The number of carbonyl (C=O) groups excluding carboxylic acids is 2. The Hall–Kier alpha value is -3.53. The fourth-order valence-corrected chi connectivity index (χ4v) is 2.33. The molecule has 2 amide bonds. The number of hydrogen-bond donors (Lipinski definition) is 3. The van der Waals surface area contributed by atoms with Gasteiger partial charge in [-0.25, -0.2) is 4.79 Å². The summed E-state index contributed by atoms with van der Waals surface area (Å²) >= 11 is 0. The first-order valence-corrected chi connectivity index (χ1v) is 8.90. The molecular weight excluding hydrogens is 356 g/mol. The first-order valence-electron chi connectivity index (χ1n) is 8.90. The van der Waals surface area contributed by atoms with E-state index in [4.69, 9.17) is 10.00 Å². The number of ether oxygens (including phenoxy) is 1. The van der Waals surface area contributed by atoms with Gasteiger partial charge in [0.15, 0.2) is 0 Å². The van der Waals surface area contributed by atoms with Gasteiger partial charge in [0, 0.05) is 18.7 Å². The van der Waals surface area contributed by atoms with Crippen molar-refractivity contribution in [1.29, 1.82) is 5.26 Å². The number of nitrogens with zero attached hydrogens (tertiary/aromatic N) is 1. The lowest BCUT2D eigenvalue weighted by Gasteiger charge is -2.19. The van der Waals surface area contributed by atoms with E-state index < -0.39 is 11.7 Å². The number of nitrogens with one attached hydrogen (secondary N) is 3. The Morgan fingerprint density at radius 2 is 1.79 bits per heavy atom. The van der Waals surface area contributed by atoms with E-state index in [9.17, 15) is 9.59 Å². The highest BCUT2D eigenvalue weighted by Crippen LogP contribution is 2.25. The zero-order chi connectivity index (χ0) is 20.6. The summed E-state index contributed by atoms with van der Waals surface area (Å²) in [4.78, 5) is 23.8. The number of nitriles is 1. The maximum atomic E-state index is 12.2. The van der Waals surface area contributed by atoms with Gasteiger partial charge in [0.2, 0.25) is 5.91 Å². The van der Waals surface area contributed by atoms with E-state index in [1.54, 1.807) is 45.0 Å². The molecule has 0 saturated carbocycles. The van der Waals surface area contributed by atoms with Crippen LogP contribution in [0.5, 0.6) is 0 Å². The van der Waals surface area contributed by atoms with Gasteiger partial charge in [0.05, 0.1) is 23.0 Å². The Kier molecular flexibility index (Phi) is 6.99. The molecule has 0 bridgehead atoms. The topological polar surface area (TPSA) is 103 Å². The Balaban J connectivity index is 1.92. The summed E-state index contributed by atoms with van der Waals surface area (Å²) in [6.07, 6.45) is -0.447. The van der Waals surface area contributed by atoms with Crippen LogP contribution in [0.4, 0.5) is 21.9 Å². The molecule has 0 aliphatic heterocycles. The quantitative estimate of drug-likeness (QED) is 0.698. The lowest BCUT2D eigenvalue weighted by atomic mass is 10.2. The van der Waals surface area contributed by atoms with Crippen LogP contribution in [0.3, 0.4) is 0 Å². The second-order valence-corrected chi connectivity index (χ2v) is 7.09. The van der Waals surface area contributed by atoms with Crippen molar-refractivity contribution in [2.45, 2.75) is 32.8 Å². The molecule has 3 N–H and O–H groups in total. The number of alkyl carbamates (subject to hydrolysis) is 1. The summed E-state index contributed by atoms with van der Waals surface area (Å²) in [6, 6.07) is 16.4. The zero-order valence-electron chi connectivity index (χ0n) is 16.2. The third-order valence-corrected chi connectivity index (χ3v) is 3.49. The number of benzene rings is 2. The molecule has 28 heavy (non-hydrogen) atoms. The molecule has 0 fully saturated rings. The predicted molar refractivity (Wildman–Crippen MR) is 108 cm³/mol. The van der Waals surface area contributed by atoms with E-state index in [2.05, 4.69) is 22.0 Å². The summed E-state index contributed by atoms with van der Waals surface area (Å²) in [6.45, 7) is 5.49. The molecule has 7 heteroatoms. The third-order valence-electron chi connectivity index (χ3n) is 3.49. The molecule has 2 aromatic carbocycles. The zero-order valence-corrected chi connectivity index (χ0v) is 16.2. The lowest BCUT2D eigenvalue weighted by Crippen LogP contribution is -2.34.